The molecule has 1 atom stereocenters. The maximum Gasteiger partial charge on any atom is 0.0577 e. The topological polar surface area (TPSA) is 38.0 Å². The maximum absolute atomic E-state index is 6.16. The lowest BCUT2D eigenvalue weighted by atomic mass is 9.97. The molecule has 106 valence electrons. The predicted molar refractivity (Wildman–Crippen MR) is 85.5 cm³/mol. The smallest absolute Gasteiger partial charge is 0.0577 e. The van der Waals surface area contributed by atoms with Crippen molar-refractivity contribution in [2.75, 3.05) is 6.54 Å². The highest BCUT2D eigenvalue weighted by Gasteiger charge is 2.15. The zero-order chi connectivity index (χ0) is 14.4. The summed E-state index contributed by atoms with van der Waals surface area (Å²) in [6.07, 6.45) is 0. The molecule has 0 aromatic heterocycles. The molecule has 2 nitrogen and oxygen atoms in total. The molecule has 0 saturated heterocycles. The van der Waals surface area contributed by atoms with Gasteiger partial charge in [-0.3, -0.25) is 0 Å². The highest BCUT2D eigenvalue weighted by atomic mass is 14.9. The fourth-order valence-corrected chi connectivity index (χ4v) is 2.21. The Morgan fingerprint density at radius 3 is 1.70 bits per heavy atom. The van der Waals surface area contributed by atoms with Crippen molar-refractivity contribution in [3.05, 3.63) is 71.8 Å². The third-order valence-corrected chi connectivity index (χ3v) is 3.68. The first-order chi connectivity index (χ1) is 9.68. The summed E-state index contributed by atoms with van der Waals surface area (Å²) in [5, 5.41) is 3.61. The van der Waals surface area contributed by atoms with Crippen LogP contribution in [-0.4, -0.2) is 12.6 Å². The molecule has 2 rings (SSSR count). The average molecular weight is 268 g/mol. The normalized spacial score (nSPS) is 12.8. The Morgan fingerprint density at radius 2 is 1.30 bits per heavy atom. The van der Waals surface area contributed by atoms with Gasteiger partial charge in [0.15, 0.2) is 0 Å². The van der Waals surface area contributed by atoms with Gasteiger partial charge < -0.3 is 11.1 Å². The summed E-state index contributed by atoms with van der Waals surface area (Å²) in [4.78, 5) is 0. The van der Waals surface area contributed by atoms with Crippen LogP contribution in [0.3, 0.4) is 0 Å². The van der Waals surface area contributed by atoms with Crippen molar-refractivity contribution in [2.45, 2.75) is 25.9 Å². The van der Waals surface area contributed by atoms with E-state index in [1.54, 1.807) is 0 Å². The first-order valence-corrected chi connectivity index (χ1v) is 7.27. The van der Waals surface area contributed by atoms with Crippen LogP contribution < -0.4 is 11.1 Å². The lowest BCUT2D eigenvalue weighted by molar-refractivity contribution is 0.442. The van der Waals surface area contributed by atoms with Crippen LogP contribution in [0.1, 0.15) is 31.0 Å². The monoisotopic (exact) mass is 268 g/mol. The minimum Gasteiger partial charge on any atom is -0.326 e. The summed E-state index contributed by atoms with van der Waals surface area (Å²) in [6.45, 7) is 5.13. The standard InChI is InChI=1S/C18H24N2/c1-14(2)17(19)13-20-18(15-9-5-3-6-10-15)16-11-7-4-8-12-16/h3-12,14,17-18,20H,13,19H2,1-2H3. The van der Waals surface area contributed by atoms with E-state index in [0.29, 0.717) is 5.92 Å². The van der Waals surface area contributed by atoms with Crippen LogP contribution in [0.15, 0.2) is 60.7 Å². The Kier molecular flexibility index (Phi) is 5.33. The molecular formula is C18H24N2. The molecule has 0 bridgehead atoms. The molecule has 0 aliphatic carbocycles. The summed E-state index contributed by atoms with van der Waals surface area (Å²) in [6, 6.07) is 21.4. The van der Waals surface area contributed by atoms with Crippen LogP contribution in [0.5, 0.6) is 0 Å². The van der Waals surface area contributed by atoms with E-state index in [0.717, 1.165) is 6.54 Å². The SMILES string of the molecule is CC(C)C(N)CNC(c1ccccc1)c1ccccc1. The fraction of sp³-hybridized carbons (Fsp3) is 0.333. The van der Waals surface area contributed by atoms with Gasteiger partial charge in [0.05, 0.1) is 6.04 Å². The van der Waals surface area contributed by atoms with E-state index in [-0.39, 0.29) is 12.1 Å². The minimum absolute atomic E-state index is 0.171. The van der Waals surface area contributed by atoms with Crippen LogP contribution in [-0.2, 0) is 0 Å². The summed E-state index contributed by atoms with van der Waals surface area (Å²) >= 11 is 0. The summed E-state index contributed by atoms with van der Waals surface area (Å²) in [5.41, 5.74) is 8.70. The molecule has 2 heteroatoms. The van der Waals surface area contributed by atoms with E-state index < -0.39 is 0 Å². The van der Waals surface area contributed by atoms with Gasteiger partial charge >= 0.3 is 0 Å². The molecule has 0 aliphatic rings. The molecule has 3 N–H and O–H groups in total. The van der Waals surface area contributed by atoms with Crippen molar-refractivity contribution >= 4 is 0 Å². The maximum atomic E-state index is 6.16. The fourth-order valence-electron chi connectivity index (χ4n) is 2.21. The van der Waals surface area contributed by atoms with E-state index in [9.17, 15) is 0 Å². The largest absolute Gasteiger partial charge is 0.326 e. The molecular weight excluding hydrogens is 244 g/mol. The number of nitrogens with two attached hydrogens (primary N) is 1. The number of rotatable bonds is 6. The Hall–Kier alpha value is -1.64. The van der Waals surface area contributed by atoms with Crippen molar-refractivity contribution < 1.29 is 0 Å². The van der Waals surface area contributed by atoms with E-state index in [1.807, 2.05) is 12.1 Å². The molecule has 0 aliphatic heterocycles. The molecule has 2 aromatic carbocycles. The molecule has 0 heterocycles. The molecule has 1 unspecified atom stereocenters. The lowest BCUT2D eigenvalue weighted by Crippen LogP contribution is -2.39. The second-order valence-electron chi connectivity index (χ2n) is 5.57. The van der Waals surface area contributed by atoms with Gasteiger partial charge in [0, 0.05) is 12.6 Å². The Bertz CT molecular complexity index is 454. The van der Waals surface area contributed by atoms with Crippen molar-refractivity contribution in [1.82, 2.24) is 5.32 Å². The van der Waals surface area contributed by atoms with Crippen molar-refractivity contribution in [3.63, 3.8) is 0 Å². The number of hydrogen-bond donors (Lipinski definition) is 2. The van der Waals surface area contributed by atoms with Gasteiger partial charge in [-0.2, -0.15) is 0 Å². The summed E-state index contributed by atoms with van der Waals surface area (Å²) in [7, 11) is 0. The number of benzene rings is 2. The molecule has 2 aromatic rings. The highest BCUT2D eigenvalue weighted by molar-refractivity contribution is 5.31. The highest BCUT2D eigenvalue weighted by Crippen LogP contribution is 2.21. The quantitative estimate of drug-likeness (QED) is 0.843. The third-order valence-electron chi connectivity index (χ3n) is 3.68. The zero-order valence-electron chi connectivity index (χ0n) is 12.3. The second-order valence-corrected chi connectivity index (χ2v) is 5.57. The minimum atomic E-state index is 0.171. The number of hydrogen-bond acceptors (Lipinski definition) is 2. The first kappa shape index (κ1) is 14.8. The Morgan fingerprint density at radius 1 is 0.850 bits per heavy atom. The second kappa shape index (κ2) is 7.22. The summed E-state index contributed by atoms with van der Waals surface area (Å²) in [5.74, 6) is 0.481. The molecule has 0 amide bonds. The molecule has 20 heavy (non-hydrogen) atoms. The van der Waals surface area contributed by atoms with Crippen LogP contribution in [0.4, 0.5) is 0 Å². The van der Waals surface area contributed by atoms with Crippen LogP contribution in [0.2, 0.25) is 0 Å². The van der Waals surface area contributed by atoms with Gasteiger partial charge in [-0.1, -0.05) is 74.5 Å². The first-order valence-electron chi connectivity index (χ1n) is 7.27. The van der Waals surface area contributed by atoms with Gasteiger partial charge in [-0.15, -0.1) is 0 Å². The van der Waals surface area contributed by atoms with Gasteiger partial charge in [-0.05, 0) is 17.0 Å². The lowest BCUT2D eigenvalue weighted by Gasteiger charge is -2.23. The molecule has 0 spiro atoms. The Balaban J connectivity index is 2.17. The van der Waals surface area contributed by atoms with Gasteiger partial charge in [0.1, 0.15) is 0 Å². The van der Waals surface area contributed by atoms with Crippen molar-refractivity contribution in [2.24, 2.45) is 11.7 Å². The molecule has 0 radical (unpaired) electrons. The molecule has 0 saturated carbocycles. The Labute approximate surface area is 122 Å². The van der Waals surface area contributed by atoms with Crippen LogP contribution >= 0.6 is 0 Å². The van der Waals surface area contributed by atoms with E-state index in [2.05, 4.69) is 67.7 Å². The van der Waals surface area contributed by atoms with Gasteiger partial charge in [-0.25, -0.2) is 0 Å². The van der Waals surface area contributed by atoms with E-state index >= 15 is 0 Å². The third kappa shape index (κ3) is 3.92. The zero-order valence-corrected chi connectivity index (χ0v) is 12.3. The van der Waals surface area contributed by atoms with Crippen molar-refractivity contribution in [1.29, 1.82) is 0 Å². The number of nitrogens with one attached hydrogen (secondary N) is 1. The van der Waals surface area contributed by atoms with Gasteiger partial charge in [0.25, 0.3) is 0 Å². The molecule has 0 fully saturated rings. The summed E-state index contributed by atoms with van der Waals surface area (Å²) < 4.78 is 0. The van der Waals surface area contributed by atoms with Crippen LogP contribution in [0, 0.1) is 5.92 Å². The van der Waals surface area contributed by atoms with Crippen molar-refractivity contribution in [3.8, 4) is 0 Å². The van der Waals surface area contributed by atoms with Gasteiger partial charge in [0.2, 0.25) is 0 Å². The average Bonchev–Trinajstić information content (AvgIpc) is 2.49. The predicted octanol–water partition coefficient (Wildman–Crippen LogP) is 3.35. The van der Waals surface area contributed by atoms with Crippen LogP contribution in [0.25, 0.3) is 0 Å². The van der Waals surface area contributed by atoms with E-state index in [4.69, 9.17) is 5.73 Å². The van der Waals surface area contributed by atoms with E-state index in [1.165, 1.54) is 11.1 Å².